The highest BCUT2D eigenvalue weighted by atomic mass is 32.1. The van der Waals surface area contributed by atoms with E-state index >= 15 is 0 Å². The van der Waals surface area contributed by atoms with Gasteiger partial charge in [0.05, 0.1) is 30.3 Å². The third kappa shape index (κ3) is 12.8. The highest BCUT2D eigenvalue weighted by molar-refractivity contribution is 7.53. The Kier molecular flexibility index (Phi) is 13.9. The largest absolute Gasteiger partial charge is 0.444 e. The first-order chi connectivity index (χ1) is 18.4. The number of nitrogens with one attached hydrogen (secondary N) is 1. The molecule has 9 heteroatoms. The van der Waals surface area contributed by atoms with Crippen molar-refractivity contribution in [2.24, 2.45) is 5.92 Å². The number of Topliss-reactive ketones (excluding diaryl/α,β-unsaturated/α-hetero) is 1. The molecule has 0 radical (unpaired) electrons. The second kappa shape index (κ2) is 16.3. The van der Waals surface area contributed by atoms with Gasteiger partial charge in [0.2, 0.25) is 0 Å². The molecule has 1 aromatic heterocycles. The number of ketones is 1. The molecule has 39 heavy (non-hydrogen) atoms. The van der Waals surface area contributed by atoms with Gasteiger partial charge in [0.15, 0.2) is 5.78 Å². The number of benzene rings is 1. The van der Waals surface area contributed by atoms with E-state index in [1.165, 1.54) is 16.9 Å². The van der Waals surface area contributed by atoms with Crippen LogP contribution in [0.25, 0.3) is 0 Å². The summed E-state index contributed by atoms with van der Waals surface area (Å²) in [5.41, 5.74) is 0.658. The van der Waals surface area contributed by atoms with Gasteiger partial charge < -0.3 is 19.1 Å². The van der Waals surface area contributed by atoms with Crippen LogP contribution in [0.2, 0.25) is 0 Å². The molecule has 1 unspecified atom stereocenters. The van der Waals surface area contributed by atoms with E-state index in [2.05, 4.69) is 24.4 Å². The predicted octanol–water partition coefficient (Wildman–Crippen LogP) is 8.59. The number of hydrogen-bond acceptors (Lipinski definition) is 7. The van der Waals surface area contributed by atoms with Gasteiger partial charge in [-0.3, -0.25) is 9.36 Å². The summed E-state index contributed by atoms with van der Waals surface area (Å²) in [5, 5.41) is 3.00. The predicted molar refractivity (Wildman–Crippen MR) is 159 cm³/mol. The van der Waals surface area contributed by atoms with Crippen molar-refractivity contribution < 1.29 is 27.9 Å². The van der Waals surface area contributed by atoms with Crippen LogP contribution in [0.3, 0.4) is 0 Å². The van der Waals surface area contributed by atoms with Crippen molar-refractivity contribution in [2.75, 3.05) is 19.4 Å². The number of carbonyl (C=O) groups excluding carboxylic acids is 2. The zero-order valence-electron chi connectivity index (χ0n) is 24.4. The number of unbranched alkanes of at least 4 members (excludes halogenated alkanes) is 1. The van der Waals surface area contributed by atoms with Crippen molar-refractivity contribution >= 4 is 30.8 Å². The number of thiophene rings is 1. The lowest BCUT2D eigenvalue weighted by Crippen LogP contribution is -2.35. The number of rotatable bonds is 17. The van der Waals surface area contributed by atoms with Gasteiger partial charge in [0.1, 0.15) is 5.60 Å². The first kappa shape index (κ1) is 33.2. The average molecular weight is 580 g/mol. The number of amides is 1. The standard InChI is InChI=1S/C30H46NO6PS/c1-7-35-38(34,36-8-2)21-20-23(3)22-25(31-29(33)37-30(4,5)6)27-18-19-28(39-27)26(32)17-13-12-16-24-14-10-9-11-15-24/h9-11,14-15,18-19,23,25H,7-8,12-13,16-17,20-22H2,1-6H3,(H,31,33)/t23-,25?/m0/s1. The van der Waals surface area contributed by atoms with Crippen LogP contribution in [-0.2, 0) is 24.8 Å². The molecule has 0 bridgehead atoms. The molecule has 0 aliphatic heterocycles. The molecule has 1 aromatic carbocycles. The maximum Gasteiger partial charge on any atom is 0.408 e. The Morgan fingerprint density at radius 2 is 1.67 bits per heavy atom. The smallest absolute Gasteiger partial charge is 0.408 e. The summed E-state index contributed by atoms with van der Waals surface area (Å²) in [4.78, 5) is 27.2. The number of hydrogen-bond donors (Lipinski definition) is 1. The zero-order chi connectivity index (χ0) is 28.9. The van der Waals surface area contributed by atoms with E-state index in [1.807, 2.05) is 51.1 Å². The maximum atomic E-state index is 12.9. The third-order valence-corrected chi connectivity index (χ3v) is 9.43. The molecule has 2 atom stereocenters. The average Bonchev–Trinajstić information content (AvgIpc) is 3.35. The SMILES string of the molecule is CCOP(=O)(CC[C@H](C)CC(NC(=O)OC(C)(C)C)c1ccc(C(=O)CCCCc2ccccc2)s1)OCC. The monoisotopic (exact) mass is 579 g/mol. The van der Waals surface area contributed by atoms with E-state index in [0.717, 1.165) is 24.1 Å². The van der Waals surface area contributed by atoms with Crippen LogP contribution < -0.4 is 5.32 Å². The third-order valence-electron chi connectivity index (χ3n) is 6.08. The molecule has 0 aliphatic carbocycles. The fourth-order valence-corrected chi connectivity index (χ4v) is 7.14. The van der Waals surface area contributed by atoms with E-state index in [4.69, 9.17) is 13.8 Å². The van der Waals surface area contributed by atoms with Crippen LogP contribution in [0.4, 0.5) is 4.79 Å². The van der Waals surface area contributed by atoms with Gasteiger partial charge in [-0.25, -0.2) is 4.79 Å². The van der Waals surface area contributed by atoms with E-state index in [9.17, 15) is 14.2 Å². The lowest BCUT2D eigenvalue weighted by atomic mass is 9.98. The summed E-state index contributed by atoms with van der Waals surface area (Å²) in [7, 11) is -3.14. The highest BCUT2D eigenvalue weighted by Crippen LogP contribution is 2.49. The van der Waals surface area contributed by atoms with Crippen LogP contribution in [-0.4, -0.2) is 36.9 Å². The molecule has 0 spiro atoms. The number of aryl methyl sites for hydroxylation is 1. The van der Waals surface area contributed by atoms with Crippen molar-refractivity contribution in [3.05, 3.63) is 57.8 Å². The minimum atomic E-state index is -3.14. The molecule has 218 valence electrons. The minimum absolute atomic E-state index is 0.110. The second-order valence-corrected chi connectivity index (χ2v) is 14.1. The minimum Gasteiger partial charge on any atom is -0.444 e. The summed E-state index contributed by atoms with van der Waals surface area (Å²) in [6.07, 6.45) is 4.27. The Morgan fingerprint density at radius 3 is 2.28 bits per heavy atom. The van der Waals surface area contributed by atoms with E-state index in [0.29, 0.717) is 43.5 Å². The van der Waals surface area contributed by atoms with Gasteiger partial charge in [-0.2, -0.15) is 0 Å². The van der Waals surface area contributed by atoms with E-state index < -0.39 is 19.3 Å². The van der Waals surface area contributed by atoms with E-state index in [1.54, 1.807) is 13.8 Å². The molecule has 2 aromatic rings. The summed E-state index contributed by atoms with van der Waals surface area (Å²) in [6, 6.07) is 13.7. The van der Waals surface area contributed by atoms with Crippen molar-refractivity contribution in [1.29, 1.82) is 0 Å². The molecule has 0 fully saturated rings. The van der Waals surface area contributed by atoms with Crippen molar-refractivity contribution in [3.8, 4) is 0 Å². The highest BCUT2D eigenvalue weighted by Gasteiger charge is 2.27. The Bertz CT molecular complexity index is 1050. The molecule has 1 amide bonds. The van der Waals surface area contributed by atoms with Crippen molar-refractivity contribution in [1.82, 2.24) is 5.32 Å². The Balaban J connectivity index is 2.03. The first-order valence-corrected chi connectivity index (χ1v) is 16.5. The Morgan fingerprint density at radius 1 is 1.00 bits per heavy atom. The summed E-state index contributed by atoms with van der Waals surface area (Å²) in [5.74, 6) is 0.233. The molecular formula is C30H46NO6PS. The van der Waals surface area contributed by atoms with Gasteiger partial charge in [0, 0.05) is 11.3 Å². The fraction of sp³-hybridized carbons (Fsp3) is 0.600. The van der Waals surface area contributed by atoms with Gasteiger partial charge in [-0.15, -0.1) is 11.3 Å². The quantitative estimate of drug-likeness (QED) is 0.115. The number of ether oxygens (including phenoxy) is 1. The summed E-state index contributed by atoms with van der Waals surface area (Å²) in [6.45, 7) is 11.8. The Hall–Kier alpha value is -1.99. The van der Waals surface area contributed by atoms with Gasteiger partial charge in [-0.1, -0.05) is 37.3 Å². The molecule has 0 saturated carbocycles. The van der Waals surface area contributed by atoms with Crippen LogP contribution in [0.15, 0.2) is 42.5 Å². The molecule has 7 nitrogen and oxygen atoms in total. The summed E-state index contributed by atoms with van der Waals surface area (Å²) >= 11 is 1.42. The van der Waals surface area contributed by atoms with E-state index in [-0.39, 0.29) is 17.7 Å². The van der Waals surface area contributed by atoms with Gasteiger partial charge >= 0.3 is 13.7 Å². The molecule has 1 N–H and O–H groups in total. The molecule has 1 heterocycles. The van der Waals surface area contributed by atoms with Crippen LogP contribution in [0.1, 0.15) is 99.8 Å². The zero-order valence-corrected chi connectivity index (χ0v) is 26.1. The number of carbonyl (C=O) groups is 2. The molecule has 0 saturated heterocycles. The lowest BCUT2D eigenvalue weighted by Gasteiger charge is -2.25. The first-order valence-electron chi connectivity index (χ1n) is 14.0. The molecular weight excluding hydrogens is 533 g/mol. The van der Waals surface area contributed by atoms with Crippen molar-refractivity contribution in [2.45, 2.75) is 91.7 Å². The summed E-state index contributed by atoms with van der Waals surface area (Å²) < 4.78 is 29.3. The van der Waals surface area contributed by atoms with Crippen LogP contribution >= 0.6 is 18.9 Å². The normalized spacial score (nSPS) is 13.6. The maximum absolute atomic E-state index is 12.9. The van der Waals surface area contributed by atoms with Gasteiger partial charge in [0.25, 0.3) is 0 Å². The fourth-order valence-electron chi connectivity index (χ4n) is 4.23. The topological polar surface area (TPSA) is 90.9 Å². The Labute approximate surface area is 238 Å². The van der Waals surface area contributed by atoms with Crippen molar-refractivity contribution in [3.63, 3.8) is 0 Å². The van der Waals surface area contributed by atoms with Gasteiger partial charge in [-0.05, 0) is 90.3 Å². The van der Waals surface area contributed by atoms with Crippen LogP contribution in [0, 0.1) is 5.92 Å². The van der Waals surface area contributed by atoms with Crippen LogP contribution in [0.5, 0.6) is 0 Å². The second-order valence-electron chi connectivity index (χ2n) is 10.8. The lowest BCUT2D eigenvalue weighted by molar-refractivity contribution is 0.0497. The molecule has 2 rings (SSSR count). The number of alkyl carbamates (subject to hydrolysis) is 1. The molecule has 0 aliphatic rings.